The SMILES string of the molecule is O=C1N[C@H]2[C@H](CCCCC(=O)N3CCN(C(c4ccc(F)cc4)c4ccc(F)cc4)CC3)SC[C@H]2N1. The lowest BCUT2D eigenvalue weighted by Gasteiger charge is -2.40. The summed E-state index contributed by atoms with van der Waals surface area (Å²) in [7, 11) is 0. The Morgan fingerprint density at radius 3 is 2.14 bits per heavy atom. The highest BCUT2D eigenvalue weighted by Crippen LogP contribution is 2.33. The topological polar surface area (TPSA) is 64.7 Å². The summed E-state index contributed by atoms with van der Waals surface area (Å²) in [4.78, 5) is 28.6. The van der Waals surface area contributed by atoms with Crippen LogP contribution in [0.2, 0.25) is 0 Å². The molecule has 2 aromatic carbocycles. The fourth-order valence-corrected chi connectivity index (χ4v) is 7.10. The van der Waals surface area contributed by atoms with Crippen LogP contribution >= 0.6 is 11.8 Å². The predicted octanol–water partition coefficient (Wildman–Crippen LogP) is 3.92. The molecule has 0 aliphatic carbocycles. The summed E-state index contributed by atoms with van der Waals surface area (Å²) in [6.45, 7) is 2.66. The van der Waals surface area contributed by atoms with Crippen molar-refractivity contribution in [3.8, 4) is 0 Å². The molecule has 36 heavy (non-hydrogen) atoms. The third-order valence-corrected chi connectivity index (χ3v) is 8.98. The van der Waals surface area contributed by atoms with Gasteiger partial charge in [-0.1, -0.05) is 30.7 Å². The maximum absolute atomic E-state index is 13.5. The van der Waals surface area contributed by atoms with Crippen molar-refractivity contribution in [1.82, 2.24) is 20.4 Å². The van der Waals surface area contributed by atoms with Crippen LogP contribution < -0.4 is 10.6 Å². The van der Waals surface area contributed by atoms with E-state index in [2.05, 4.69) is 15.5 Å². The number of benzene rings is 2. The lowest BCUT2D eigenvalue weighted by molar-refractivity contribution is -0.133. The van der Waals surface area contributed by atoms with Crippen LogP contribution in [-0.4, -0.2) is 71.0 Å². The Morgan fingerprint density at radius 1 is 0.917 bits per heavy atom. The summed E-state index contributed by atoms with van der Waals surface area (Å²) in [6, 6.07) is 13.2. The Bertz CT molecular complexity index is 1010. The van der Waals surface area contributed by atoms with Crippen molar-refractivity contribution in [2.45, 2.75) is 49.1 Å². The van der Waals surface area contributed by atoms with Gasteiger partial charge in [0.05, 0.1) is 18.1 Å². The molecule has 192 valence electrons. The number of nitrogens with one attached hydrogen (secondary N) is 2. The van der Waals surface area contributed by atoms with Crippen molar-refractivity contribution in [3.63, 3.8) is 0 Å². The maximum Gasteiger partial charge on any atom is 0.315 e. The predicted molar refractivity (Wildman–Crippen MR) is 137 cm³/mol. The van der Waals surface area contributed by atoms with Crippen LogP contribution in [-0.2, 0) is 4.79 Å². The zero-order valence-electron chi connectivity index (χ0n) is 20.2. The van der Waals surface area contributed by atoms with Gasteiger partial charge in [0.15, 0.2) is 0 Å². The van der Waals surface area contributed by atoms with Crippen LogP contribution in [0.3, 0.4) is 0 Å². The average molecular weight is 515 g/mol. The van der Waals surface area contributed by atoms with Gasteiger partial charge in [-0.25, -0.2) is 13.6 Å². The van der Waals surface area contributed by atoms with Gasteiger partial charge in [0.2, 0.25) is 5.91 Å². The molecule has 2 N–H and O–H groups in total. The number of carbonyl (C=O) groups is 2. The first-order chi connectivity index (χ1) is 17.5. The lowest BCUT2D eigenvalue weighted by atomic mass is 9.96. The highest BCUT2D eigenvalue weighted by atomic mass is 32.2. The average Bonchev–Trinajstić information content (AvgIpc) is 3.44. The van der Waals surface area contributed by atoms with Gasteiger partial charge in [-0.05, 0) is 48.2 Å². The summed E-state index contributed by atoms with van der Waals surface area (Å²) in [5.41, 5.74) is 1.90. The molecule has 0 aromatic heterocycles. The summed E-state index contributed by atoms with van der Waals surface area (Å²) >= 11 is 1.90. The van der Waals surface area contributed by atoms with Crippen molar-refractivity contribution in [1.29, 1.82) is 0 Å². The van der Waals surface area contributed by atoms with E-state index in [0.717, 1.165) is 36.1 Å². The molecular formula is C27H32F2N4O2S. The minimum absolute atomic E-state index is 0.0642. The second kappa shape index (κ2) is 11.2. The molecule has 3 atom stereocenters. The quantitative estimate of drug-likeness (QED) is 0.414. The zero-order valence-corrected chi connectivity index (χ0v) is 21.0. The number of fused-ring (bicyclic) bond motifs is 1. The molecule has 0 unspecified atom stereocenters. The van der Waals surface area contributed by atoms with E-state index in [1.165, 1.54) is 24.3 Å². The second-order valence-electron chi connectivity index (χ2n) is 9.79. The highest BCUT2D eigenvalue weighted by Gasteiger charge is 2.42. The van der Waals surface area contributed by atoms with Gasteiger partial charge < -0.3 is 15.5 Å². The number of carbonyl (C=O) groups excluding carboxylic acids is 2. The van der Waals surface area contributed by atoms with E-state index in [1.807, 2.05) is 16.7 Å². The molecule has 3 aliphatic heterocycles. The van der Waals surface area contributed by atoms with Crippen molar-refractivity contribution in [2.75, 3.05) is 31.9 Å². The molecule has 3 saturated heterocycles. The molecule has 3 aliphatic rings. The van der Waals surface area contributed by atoms with E-state index in [4.69, 9.17) is 0 Å². The molecule has 0 spiro atoms. The molecule has 0 radical (unpaired) electrons. The normalized spacial score (nSPS) is 24.0. The molecule has 5 rings (SSSR count). The molecule has 0 bridgehead atoms. The van der Waals surface area contributed by atoms with Gasteiger partial charge in [-0.3, -0.25) is 9.69 Å². The fraction of sp³-hybridized carbons (Fsp3) is 0.481. The summed E-state index contributed by atoms with van der Waals surface area (Å²) in [5, 5.41) is 6.41. The number of rotatable bonds is 8. The first-order valence-electron chi connectivity index (χ1n) is 12.7. The lowest BCUT2D eigenvalue weighted by Crippen LogP contribution is -2.49. The molecule has 9 heteroatoms. The molecule has 3 amide bonds. The van der Waals surface area contributed by atoms with E-state index < -0.39 is 0 Å². The van der Waals surface area contributed by atoms with E-state index in [1.54, 1.807) is 24.3 Å². The number of halogens is 2. The Hall–Kier alpha value is -2.65. The number of amides is 3. The Kier molecular flexibility index (Phi) is 7.76. The summed E-state index contributed by atoms with van der Waals surface area (Å²) in [6.07, 6.45) is 3.36. The number of nitrogens with zero attached hydrogens (tertiary/aromatic N) is 2. The van der Waals surface area contributed by atoms with E-state index >= 15 is 0 Å². The molecule has 0 saturated carbocycles. The van der Waals surface area contributed by atoms with Crippen LogP contribution in [0.25, 0.3) is 0 Å². The molecule has 2 aromatic rings. The van der Waals surface area contributed by atoms with Gasteiger partial charge in [-0.15, -0.1) is 0 Å². The van der Waals surface area contributed by atoms with Crippen LogP contribution in [0.1, 0.15) is 42.9 Å². The second-order valence-corrected chi connectivity index (χ2v) is 11.1. The maximum atomic E-state index is 13.5. The van der Waals surface area contributed by atoms with Crippen LogP contribution in [0.4, 0.5) is 13.6 Å². The highest BCUT2D eigenvalue weighted by molar-refractivity contribution is 8.00. The first-order valence-corrected chi connectivity index (χ1v) is 13.7. The Balaban J connectivity index is 1.12. The fourth-order valence-electron chi connectivity index (χ4n) is 5.56. The van der Waals surface area contributed by atoms with Crippen molar-refractivity contribution >= 4 is 23.7 Å². The summed E-state index contributed by atoms with van der Waals surface area (Å²) < 4.78 is 27.1. The number of urea groups is 1. The summed E-state index contributed by atoms with van der Waals surface area (Å²) in [5.74, 6) is 0.558. The van der Waals surface area contributed by atoms with Crippen LogP contribution in [0.15, 0.2) is 48.5 Å². The van der Waals surface area contributed by atoms with Crippen molar-refractivity contribution in [2.24, 2.45) is 0 Å². The van der Waals surface area contributed by atoms with Gasteiger partial charge in [-0.2, -0.15) is 11.8 Å². The van der Waals surface area contributed by atoms with Gasteiger partial charge in [0.1, 0.15) is 11.6 Å². The number of hydrogen-bond donors (Lipinski definition) is 2. The number of thioether (sulfide) groups is 1. The van der Waals surface area contributed by atoms with Crippen LogP contribution in [0.5, 0.6) is 0 Å². The molecule has 3 fully saturated rings. The Morgan fingerprint density at radius 2 is 1.53 bits per heavy atom. The molecule has 6 nitrogen and oxygen atoms in total. The standard InChI is InChI=1S/C27H32F2N4O2S/c28-20-9-5-18(6-10-20)26(19-7-11-21(29)12-8-19)33-15-13-32(14-16-33)24(34)4-2-1-3-23-25-22(17-36-23)30-27(35)31-25/h5-12,22-23,25-26H,1-4,13-17H2,(H2,30,31,35)/t22-,23+,25-/m1/s1. The smallest absolute Gasteiger partial charge is 0.315 e. The largest absolute Gasteiger partial charge is 0.340 e. The van der Waals surface area contributed by atoms with Gasteiger partial charge in [0.25, 0.3) is 0 Å². The van der Waals surface area contributed by atoms with Crippen molar-refractivity contribution in [3.05, 3.63) is 71.3 Å². The minimum Gasteiger partial charge on any atom is -0.340 e. The number of unbranched alkanes of at least 4 members (excludes halogenated alkanes) is 1. The molecular weight excluding hydrogens is 482 g/mol. The monoisotopic (exact) mass is 514 g/mol. The first kappa shape index (κ1) is 25.0. The van der Waals surface area contributed by atoms with Crippen molar-refractivity contribution < 1.29 is 18.4 Å². The minimum atomic E-state index is -0.289. The number of piperazine rings is 1. The number of hydrogen-bond acceptors (Lipinski definition) is 4. The third kappa shape index (κ3) is 5.67. The Labute approximate surface area is 214 Å². The zero-order chi connectivity index (χ0) is 25.1. The van der Waals surface area contributed by atoms with Gasteiger partial charge in [0, 0.05) is 43.6 Å². The van der Waals surface area contributed by atoms with E-state index in [9.17, 15) is 18.4 Å². The molecule has 3 heterocycles. The third-order valence-electron chi connectivity index (χ3n) is 7.47. The van der Waals surface area contributed by atoms with E-state index in [0.29, 0.717) is 37.8 Å². The van der Waals surface area contributed by atoms with E-state index in [-0.39, 0.29) is 41.7 Å². The van der Waals surface area contributed by atoms with Crippen LogP contribution in [0, 0.1) is 11.6 Å². The van der Waals surface area contributed by atoms with Gasteiger partial charge >= 0.3 is 6.03 Å².